The molecule has 23 heavy (non-hydrogen) atoms. The van der Waals surface area contributed by atoms with Gasteiger partial charge in [-0.25, -0.2) is 0 Å². The molecule has 2 N–H and O–H groups in total. The lowest BCUT2D eigenvalue weighted by Gasteiger charge is -2.24. The summed E-state index contributed by atoms with van der Waals surface area (Å²) in [5, 5.41) is 13.3. The molecule has 0 unspecified atom stereocenters. The Morgan fingerprint density at radius 2 is 1.87 bits per heavy atom. The van der Waals surface area contributed by atoms with Crippen LogP contribution in [0.2, 0.25) is 0 Å². The molecular weight excluding hydrogens is 294 g/mol. The molecule has 1 aromatic rings. The van der Waals surface area contributed by atoms with Crippen molar-refractivity contribution in [2.24, 2.45) is 0 Å². The van der Waals surface area contributed by atoms with E-state index in [4.69, 9.17) is 14.2 Å². The first kappa shape index (κ1) is 19.7. The number of aliphatic hydroxyl groups excluding tert-OH is 1. The molecule has 0 bridgehead atoms. The molecule has 0 aliphatic heterocycles. The van der Waals surface area contributed by atoms with Crippen molar-refractivity contribution in [2.45, 2.75) is 45.3 Å². The third kappa shape index (κ3) is 6.77. The zero-order valence-corrected chi connectivity index (χ0v) is 15.2. The molecule has 0 saturated carbocycles. The number of benzene rings is 1. The first-order valence-corrected chi connectivity index (χ1v) is 7.99. The molecule has 1 rings (SSSR count). The first-order valence-electron chi connectivity index (χ1n) is 7.99. The molecule has 0 aliphatic rings. The number of nitrogens with one attached hydrogen (secondary N) is 1. The molecule has 2 atom stereocenters. The lowest BCUT2D eigenvalue weighted by molar-refractivity contribution is 0.0964. The second-order valence-corrected chi connectivity index (χ2v) is 6.84. The van der Waals surface area contributed by atoms with E-state index in [0.29, 0.717) is 13.2 Å². The molecule has 0 amide bonds. The number of methoxy groups -OCH3 is 2. The molecule has 0 aliphatic carbocycles. The van der Waals surface area contributed by atoms with Crippen LogP contribution in [-0.4, -0.2) is 51.2 Å². The second kappa shape index (κ2) is 9.11. The highest BCUT2D eigenvalue weighted by Crippen LogP contribution is 2.34. The molecule has 0 radical (unpaired) electrons. The summed E-state index contributed by atoms with van der Waals surface area (Å²) in [6.07, 6.45) is -0.579. The summed E-state index contributed by atoms with van der Waals surface area (Å²) in [5.41, 5.74) is 0.991. The van der Waals surface area contributed by atoms with E-state index >= 15 is 0 Å². The van der Waals surface area contributed by atoms with Gasteiger partial charge >= 0.3 is 0 Å². The zero-order valence-electron chi connectivity index (χ0n) is 15.2. The highest BCUT2D eigenvalue weighted by Gasteiger charge is 2.20. The summed E-state index contributed by atoms with van der Waals surface area (Å²) in [6, 6.07) is 5.95. The smallest absolute Gasteiger partial charge is 0.123 e. The average Bonchev–Trinajstić information content (AvgIpc) is 2.50. The van der Waals surface area contributed by atoms with Gasteiger partial charge in [0.25, 0.3) is 0 Å². The molecule has 5 heteroatoms. The Balaban J connectivity index is 2.63. The van der Waals surface area contributed by atoms with Crippen LogP contribution in [0.3, 0.4) is 0 Å². The van der Waals surface area contributed by atoms with E-state index in [9.17, 15) is 5.11 Å². The maximum Gasteiger partial charge on any atom is 0.123 e. The largest absolute Gasteiger partial charge is 0.497 e. The van der Waals surface area contributed by atoms with E-state index in [1.807, 2.05) is 25.1 Å². The fourth-order valence-electron chi connectivity index (χ4n) is 2.24. The van der Waals surface area contributed by atoms with Gasteiger partial charge in [-0.05, 0) is 30.5 Å². The molecule has 1 aromatic carbocycles. The number of ether oxygens (including phenoxy) is 3. The van der Waals surface area contributed by atoms with Crippen molar-refractivity contribution in [3.63, 3.8) is 0 Å². The van der Waals surface area contributed by atoms with E-state index < -0.39 is 6.10 Å². The minimum Gasteiger partial charge on any atom is -0.497 e. The van der Waals surface area contributed by atoms with Crippen molar-refractivity contribution >= 4 is 0 Å². The maximum atomic E-state index is 10.1. The van der Waals surface area contributed by atoms with Gasteiger partial charge in [-0.2, -0.15) is 0 Å². The van der Waals surface area contributed by atoms with Crippen molar-refractivity contribution in [1.29, 1.82) is 0 Å². The van der Waals surface area contributed by atoms with Crippen LogP contribution in [0.25, 0.3) is 0 Å². The summed E-state index contributed by atoms with van der Waals surface area (Å²) < 4.78 is 16.2. The molecule has 0 aromatic heterocycles. The van der Waals surface area contributed by atoms with Gasteiger partial charge in [-0.3, -0.25) is 0 Å². The van der Waals surface area contributed by atoms with Crippen LogP contribution in [-0.2, 0) is 10.2 Å². The summed E-state index contributed by atoms with van der Waals surface area (Å²) in [6.45, 7) is 9.70. The van der Waals surface area contributed by atoms with Gasteiger partial charge in [0.2, 0.25) is 0 Å². The van der Waals surface area contributed by atoms with Gasteiger partial charge in [0.05, 0.1) is 13.7 Å². The van der Waals surface area contributed by atoms with Crippen LogP contribution in [0.5, 0.6) is 11.5 Å². The fourth-order valence-corrected chi connectivity index (χ4v) is 2.24. The topological polar surface area (TPSA) is 60.0 Å². The van der Waals surface area contributed by atoms with Crippen LogP contribution in [0.4, 0.5) is 0 Å². The normalized spacial score (nSPS) is 14.4. The van der Waals surface area contributed by atoms with E-state index in [1.54, 1.807) is 14.2 Å². The van der Waals surface area contributed by atoms with Crippen LogP contribution in [0.15, 0.2) is 18.2 Å². The third-order valence-corrected chi connectivity index (χ3v) is 3.54. The molecule has 0 fully saturated rings. The highest BCUT2D eigenvalue weighted by molar-refractivity contribution is 5.44. The van der Waals surface area contributed by atoms with Crippen LogP contribution in [0, 0.1) is 0 Å². The number of rotatable bonds is 9. The minimum absolute atomic E-state index is 0.0694. The minimum atomic E-state index is -0.579. The quantitative estimate of drug-likeness (QED) is 0.730. The Labute approximate surface area is 139 Å². The van der Waals surface area contributed by atoms with Gasteiger partial charge < -0.3 is 24.6 Å². The SMILES string of the molecule is COC[C@@H](C)NC[C@H](O)COc1ccc(OC)cc1C(C)(C)C. The number of hydrogen-bond donors (Lipinski definition) is 2. The van der Waals surface area contributed by atoms with Crippen molar-refractivity contribution in [2.75, 3.05) is 34.0 Å². The van der Waals surface area contributed by atoms with Crippen LogP contribution < -0.4 is 14.8 Å². The Hall–Kier alpha value is -1.30. The van der Waals surface area contributed by atoms with Crippen LogP contribution >= 0.6 is 0 Å². The molecule has 0 heterocycles. The maximum absolute atomic E-state index is 10.1. The standard InChI is InChI=1S/C18H31NO4/c1-13(11-21-5)19-10-14(20)12-23-17-8-7-15(22-6)9-16(17)18(2,3)4/h7-9,13-14,19-20H,10-12H2,1-6H3/t13-,14+/m1/s1. The number of aliphatic hydroxyl groups is 1. The van der Waals surface area contributed by atoms with E-state index in [1.165, 1.54) is 0 Å². The van der Waals surface area contributed by atoms with Crippen molar-refractivity contribution < 1.29 is 19.3 Å². The lowest BCUT2D eigenvalue weighted by Crippen LogP contribution is -2.38. The zero-order chi connectivity index (χ0) is 17.5. The average molecular weight is 325 g/mol. The lowest BCUT2D eigenvalue weighted by atomic mass is 9.86. The van der Waals surface area contributed by atoms with Crippen molar-refractivity contribution in [3.8, 4) is 11.5 Å². The Morgan fingerprint density at radius 3 is 2.43 bits per heavy atom. The Bertz CT molecular complexity index is 471. The van der Waals surface area contributed by atoms with Gasteiger partial charge in [-0.1, -0.05) is 20.8 Å². The van der Waals surface area contributed by atoms with Gasteiger partial charge in [0.1, 0.15) is 24.2 Å². The third-order valence-electron chi connectivity index (χ3n) is 3.54. The monoisotopic (exact) mass is 325 g/mol. The second-order valence-electron chi connectivity index (χ2n) is 6.84. The molecule has 0 spiro atoms. The Morgan fingerprint density at radius 1 is 1.17 bits per heavy atom. The summed E-state index contributed by atoms with van der Waals surface area (Å²) in [7, 11) is 3.31. The van der Waals surface area contributed by atoms with E-state index in [2.05, 4.69) is 26.1 Å². The van der Waals surface area contributed by atoms with Crippen LogP contribution in [0.1, 0.15) is 33.3 Å². The summed E-state index contributed by atoms with van der Waals surface area (Å²) in [5.74, 6) is 1.58. The predicted molar refractivity (Wildman–Crippen MR) is 92.5 cm³/mol. The van der Waals surface area contributed by atoms with Gasteiger partial charge in [-0.15, -0.1) is 0 Å². The van der Waals surface area contributed by atoms with Gasteiger partial charge in [0.15, 0.2) is 0 Å². The summed E-state index contributed by atoms with van der Waals surface area (Å²) >= 11 is 0. The molecule has 0 saturated heterocycles. The Kier molecular flexibility index (Phi) is 7.82. The molecule has 5 nitrogen and oxygen atoms in total. The van der Waals surface area contributed by atoms with Crippen molar-refractivity contribution in [1.82, 2.24) is 5.32 Å². The number of hydrogen-bond acceptors (Lipinski definition) is 5. The first-order chi connectivity index (χ1) is 10.8. The molecule has 132 valence electrons. The van der Waals surface area contributed by atoms with E-state index in [0.717, 1.165) is 17.1 Å². The van der Waals surface area contributed by atoms with E-state index in [-0.39, 0.29) is 18.1 Å². The summed E-state index contributed by atoms with van der Waals surface area (Å²) in [4.78, 5) is 0. The fraction of sp³-hybridized carbons (Fsp3) is 0.667. The molecular formula is C18H31NO4. The predicted octanol–water partition coefficient (Wildman–Crippen LogP) is 2.36. The van der Waals surface area contributed by atoms with Crippen molar-refractivity contribution in [3.05, 3.63) is 23.8 Å². The highest BCUT2D eigenvalue weighted by atomic mass is 16.5. The van der Waals surface area contributed by atoms with Gasteiger partial charge in [0, 0.05) is 25.3 Å².